The Labute approximate surface area is 241 Å². The van der Waals surface area contributed by atoms with Crippen molar-refractivity contribution in [3.05, 3.63) is 30.8 Å². The van der Waals surface area contributed by atoms with Gasteiger partial charge in [0.25, 0.3) is 0 Å². The summed E-state index contributed by atoms with van der Waals surface area (Å²) in [6.45, 7) is 2.17. The lowest BCUT2D eigenvalue weighted by atomic mass is 9.97. The van der Waals surface area contributed by atoms with E-state index in [1.807, 2.05) is 6.07 Å². The van der Waals surface area contributed by atoms with Crippen molar-refractivity contribution < 1.29 is 39.5 Å². The molecule has 0 spiro atoms. The average molecular weight is 724 g/mol. The molecule has 0 N–H and O–H groups in total. The van der Waals surface area contributed by atoms with Crippen LogP contribution >= 0.6 is 54.5 Å². The fourth-order valence-corrected chi connectivity index (χ4v) is 7.58. The third-order valence-electron chi connectivity index (χ3n) is 6.21. The number of aryl methyl sites for hydroxylation is 2. The van der Waals surface area contributed by atoms with Gasteiger partial charge in [-0.05, 0) is 87.2 Å². The minimum Gasteiger partial charge on any atom is -0.200 e. The van der Waals surface area contributed by atoms with Crippen molar-refractivity contribution in [2.75, 3.05) is 0 Å². The van der Waals surface area contributed by atoms with E-state index < -0.39 is 36.8 Å². The lowest BCUT2D eigenvalue weighted by molar-refractivity contribution is -0.396. The van der Waals surface area contributed by atoms with Crippen LogP contribution < -0.4 is 0 Å². The van der Waals surface area contributed by atoms with Gasteiger partial charge in [0, 0.05) is 16.2 Å². The number of alkyl halides is 9. The molecule has 2 aromatic rings. The van der Waals surface area contributed by atoms with Gasteiger partial charge in [-0.1, -0.05) is 45.4 Å². The molecule has 0 unspecified atom stereocenters. The van der Waals surface area contributed by atoms with E-state index in [9.17, 15) is 39.5 Å². The van der Waals surface area contributed by atoms with Crippen LogP contribution in [0.5, 0.6) is 0 Å². The van der Waals surface area contributed by atoms with Crippen molar-refractivity contribution in [2.45, 2.75) is 108 Å². The molecule has 13 heteroatoms. The van der Waals surface area contributed by atoms with Crippen molar-refractivity contribution >= 4 is 54.5 Å². The van der Waals surface area contributed by atoms with Crippen LogP contribution in [-0.4, -0.2) is 23.9 Å². The monoisotopic (exact) mass is 722 g/mol. The molecule has 0 aliphatic carbocycles. The van der Waals surface area contributed by atoms with E-state index in [4.69, 9.17) is 0 Å². The van der Waals surface area contributed by atoms with Crippen LogP contribution in [0.2, 0.25) is 0 Å². The van der Waals surface area contributed by atoms with Crippen molar-refractivity contribution in [3.63, 3.8) is 0 Å². The Bertz CT molecular complexity index is 1010. The molecule has 0 bridgehead atoms. The van der Waals surface area contributed by atoms with Crippen LogP contribution in [0.4, 0.5) is 39.5 Å². The Morgan fingerprint density at radius 1 is 0.658 bits per heavy atom. The molecule has 0 radical (unpaired) electrons. The van der Waals surface area contributed by atoms with Gasteiger partial charge in [-0.2, -0.15) is 39.5 Å². The largest absolute Gasteiger partial charge is 0.460 e. The predicted molar refractivity (Wildman–Crippen MR) is 143 cm³/mol. The lowest BCUT2D eigenvalue weighted by Crippen LogP contribution is -2.60. The molecule has 0 amide bonds. The topological polar surface area (TPSA) is 0 Å². The second kappa shape index (κ2) is 14.1. The van der Waals surface area contributed by atoms with E-state index >= 15 is 0 Å². The lowest BCUT2D eigenvalue weighted by Gasteiger charge is -2.33. The zero-order valence-electron chi connectivity index (χ0n) is 20.6. The van der Waals surface area contributed by atoms with Gasteiger partial charge < -0.3 is 0 Å². The molecule has 2 rings (SSSR count). The second-order valence-corrected chi connectivity index (χ2v) is 14.0. The second-order valence-electron chi connectivity index (χ2n) is 9.24. The molecule has 0 aliphatic heterocycles. The maximum Gasteiger partial charge on any atom is 0.460 e. The summed E-state index contributed by atoms with van der Waals surface area (Å²) in [5.41, 5.74) is 2.12. The van der Waals surface area contributed by atoms with E-state index in [-0.39, 0.29) is 12.8 Å². The molecule has 0 aromatic carbocycles. The third-order valence-corrected chi connectivity index (χ3v) is 10.0. The standard InChI is InChI=1S/C25H29Br2F9S2/c1-2-3-4-5-6-8-12-17-14-18(37-21(17)27)20-16(15-19(26)38-20)11-9-7-10-13-22(28,29)23(30,31)24(32,33)25(34,35)36/h14-15H,2-13H2,1H3. The van der Waals surface area contributed by atoms with Crippen LogP contribution in [-0.2, 0) is 12.8 Å². The van der Waals surface area contributed by atoms with Gasteiger partial charge in [0.05, 0.1) is 7.57 Å². The summed E-state index contributed by atoms with van der Waals surface area (Å²) in [7, 11) is 0. The normalized spacial score (nSPS) is 13.5. The highest BCUT2D eigenvalue weighted by Crippen LogP contribution is 2.54. The molecule has 0 nitrogen and oxygen atoms in total. The van der Waals surface area contributed by atoms with Gasteiger partial charge in [-0.25, -0.2) is 0 Å². The fraction of sp³-hybridized carbons (Fsp3) is 0.680. The third kappa shape index (κ3) is 8.38. The van der Waals surface area contributed by atoms with Crippen LogP contribution in [0.15, 0.2) is 19.7 Å². The molecule has 0 saturated heterocycles. The number of rotatable bonds is 16. The Hall–Kier alpha value is -0.270. The summed E-state index contributed by atoms with van der Waals surface area (Å²) in [5, 5.41) is 0. The van der Waals surface area contributed by atoms with E-state index in [0.717, 1.165) is 42.2 Å². The van der Waals surface area contributed by atoms with Crippen LogP contribution in [0.3, 0.4) is 0 Å². The maximum atomic E-state index is 13.7. The average Bonchev–Trinajstić information content (AvgIpc) is 3.36. The number of halogens is 11. The van der Waals surface area contributed by atoms with Crippen molar-refractivity contribution in [3.8, 4) is 9.75 Å². The SMILES string of the molecule is CCCCCCCCc1cc(-c2sc(Br)cc2CCCCCC(F)(F)C(F)(F)C(F)(F)C(F)(F)F)sc1Br. The molecule has 0 saturated carbocycles. The first-order chi connectivity index (χ1) is 17.5. The maximum absolute atomic E-state index is 13.7. The fourth-order valence-electron chi connectivity index (χ4n) is 3.98. The minimum absolute atomic E-state index is 0.0341. The minimum atomic E-state index is -6.83. The molecular formula is C25H29Br2F9S2. The van der Waals surface area contributed by atoms with Crippen LogP contribution in [0.1, 0.15) is 82.3 Å². The smallest absolute Gasteiger partial charge is 0.200 e. The van der Waals surface area contributed by atoms with E-state index in [2.05, 4.69) is 44.8 Å². The molecule has 218 valence electrons. The summed E-state index contributed by atoms with van der Waals surface area (Å²) in [6.07, 6.45) is -0.450. The zero-order valence-corrected chi connectivity index (χ0v) is 25.4. The Morgan fingerprint density at radius 2 is 1.21 bits per heavy atom. The Morgan fingerprint density at radius 3 is 1.82 bits per heavy atom. The molecule has 2 heterocycles. The molecule has 0 atom stereocenters. The predicted octanol–water partition coefficient (Wildman–Crippen LogP) is 12.5. The first-order valence-electron chi connectivity index (χ1n) is 12.3. The quantitative estimate of drug-likeness (QED) is 0.119. The van der Waals surface area contributed by atoms with Gasteiger partial charge in [0.2, 0.25) is 0 Å². The highest BCUT2D eigenvalue weighted by Gasteiger charge is 2.81. The molecule has 0 aliphatic rings. The van der Waals surface area contributed by atoms with Gasteiger partial charge in [0.1, 0.15) is 0 Å². The number of hydrogen-bond acceptors (Lipinski definition) is 2. The Balaban J connectivity index is 1.93. The van der Waals surface area contributed by atoms with Gasteiger partial charge >= 0.3 is 23.9 Å². The van der Waals surface area contributed by atoms with E-state index in [1.165, 1.54) is 42.6 Å². The first-order valence-corrected chi connectivity index (χ1v) is 15.5. The molecular weight excluding hydrogens is 695 g/mol. The van der Waals surface area contributed by atoms with E-state index in [1.54, 1.807) is 11.3 Å². The first kappa shape index (κ1) is 33.9. The summed E-state index contributed by atoms with van der Waals surface area (Å²) >= 11 is 10.2. The summed E-state index contributed by atoms with van der Waals surface area (Å²) < 4.78 is 119. The summed E-state index contributed by atoms with van der Waals surface area (Å²) in [4.78, 5) is 2.02. The van der Waals surface area contributed by atoms with Crippen LogP contribution in [0, 0.1) is 0 Å². The Kier molecular flexibility index (Phi) is 12.6. The number of thiophene rings is 2. The number of hydrogen-bond donors (Lipinski definition) is 0. The molecule has 38 heavy (non-hydrogen) atoms. The number of unbranched alkanes of at least 4 members (excludes halogenated alkanes) is 7. The summed E-state index contributed by atoms with van der Waals surface area (Å²) in [5.74, 6) is -18.9. The van der Waals surface area contributed by atoms with E-state index in [0.29, 0.717) is 6.42 Å². The van der Waals surface area contributed by atoms with Crippen molar-refractivity contribution in [1.82, 2.24) is 0 Å². The molecule has 2 aromatic heterocycles. The van der Waals surface area contributed by atoms with Gasteiger partial charge in [-0.15, -0.1) is 22.7 Å². The zero-order chi connectivity index (χ0) is 28.8. The highest BCUT2D eigenvalue weighted by molar-refractivity contribution is 9.11. The van der Waals surface area contributed by atoms with Crippen LogP contribution in [0.25, 0.3) is 9.75 Å². The van der Waals surface area contributed by atoms with Crippen molar-refractivity contribution in [2.24, 2.45) is 0 Å². The van der Waals surface area contributed by atoms with Gasteiger partial charge in [-0.3, -0.25) is 0 Å². The molecule has 0 fully saturated rings. The van der Waals surface area contributed by atoms with Gasteiger partial charge in [0.15, 0.2) is 0 Å². The summed E-state index contributed by atoms with van der Waals surface area (Å²) in [6, 6.07) is 4.00. The highest BCUT2D eigenvalue weighted by atomic mass is 79.9. The van der Waals surface area contributed by atoms with Crippen molar-refractivity contribution in [1.29, 1.82) is 0 Å².